The SMILES string of the molecule is CC(C)COc1ccc(NC(=O)COc2ccc(Br)cc2C(C)C)cc1. The number of ether oxygens (including phenoxy) is 2. The molecule has 140 valence electrons. The van der Waals surface area contributed by atoms with E-state index >= 15 is 0 Å². The van der Waals surface area contributed by atoms with Crippen LogP contribution in [-0.4, -0.2) is 19.1 Å². The van der Waals surface area contributed by atoms with Crippen molar-refractivity contribution in [2.24, 2.45) is 5.92 Å². The zero-order valence-electron chi connectivity index (χ0n) is 15.7. The standard InChI is InChI=1S/C21H26BrNO3/c1-14(2)12-25-18-8-6-17(7-9-18)23-21(24)13-26-20-10-5-16(22)11-19(20)15(3)4/h5-11,14-15H,12-13H2,1-4H3,(H,23,24). The minimum absolute atomic E-state index is 0.0348. The third-order valence-corrected chi connectivity index (χ3v) is 4.17. The summed E-state index contributed by atoms with van der Waals surface area (Å²) in [5.41, 5.74) is 1.79. The normalized spacial score (nSPS) is 10.9. The van der Waals surface area contributed by atoms with Gasteiger partial charge in [-0.2, -0.15) is 0 Å². The molecule has 0 aromatic heterocycles. The van der Waals surface area contributed by atoms with Gasteiger partial charge < -0.3 is 14.8 Å². The number of amides is 1. The monoisotopic (exact) mass is 419 g/mol. The molecule has 2 aromatic rings. The lowest BCUT2D eigenvalue weighted by Gasteiger charge is -2.14. The molecule has 0 fully saturated rings. The number of halogens is 1. The van der Waals surface area contributed by atoms with Crippen molar-refractivity contribution in [3.63, 3.8) is 0 Å². The lowest BCUT2D eigenvalue weighted by atomic mass is 10.0. The Balaban J connectivity index is 1.89. The fourth-order valence-corrected chi connectivity index (χ4v) is 2.72. The molecule has 0 unspecified atom stereocenters. The number of rotatable bonds is 8. The van der Waals surface area contributed by atoms with E-state index in [2.05, 4.69) is 48.9 Å². The van der Waals surface area contributed by atoms with Gasteiger partial charge in [0, 0.05) is 10.2 Å². The molecule has 0 atom stereocenters. The van der Waals surface area contributed by atoms with Crippen LogP contribution in [0.25, 0.3) is 0 Å². The van der Waals surface area contributed by atoms with Crippen molar-refractivity contribution in [2.75, 3.05) is 18.5 Å². The zero-order chi connectivity index (χ0) is 19.1. The van der Waals surface area contributed by atoms with Crippen molar-refractivity contribution in [2.45, 2.75) is 33.6 Å². The smallest absolute Gasteiger partial charge is 0.262 e. The predicted molar refractivity (Wildman–Crippen MR) is 109 cm³/mol. The van der Waals surface area contributed by atoms with Gasteiger partial charge in [-0.05, 0) is 59.9 Å². The van der Waals surface area contributed by atoms with Crippen LogP contribution in [0.2, 0.25) is 0 Å². The summed E-state index contributed by atoms with van der Waals surface area (Å²) in [7, 11) is 0. The Morgan fingerprint density at radius 2 is 1.73 bits per heavy atom. The largest absolute Gasteiger partial charge is 0.493 e. The van der Waals surface area contributed by atoms with Gasteiger partial charge in [-0.15, -0.1) is 0 Å². The fraction of sp³-hybridized carbons (Fsp3) is 0.381. The number of hydrogen-bond acceptors (Lipinski definition) is 3. The predicted octanol–water partition coefficient (Wildman–Crippen LogP) is 5.62. The fourth-order valence-electron chi connectivity index (χ4n) is 2.34. The van der Waals surface area contributed by atoms with Gasteiger partial charge in [-0.3, -0.25) is 4.79 Å². The van der Waals surface area contributed by atoms with Crippen LogP contribution in [0.4, 0.5) is 5.69 Å². The van der Waals surface area contributed by atoms with Crippen LogP contribution in [0.3, 0.4) is 0 Å². The van der Waals surface area contributed by atoms with E-state index in [4.69, 9.17) is 9.47 Å². The molecule has 0 bridgehead atoms. The number of nitrogens with one attached hydrogen (secondary N) is 1. The van der Waals surface area contributed by atoms with Gasteiger partial charge in [0.15, 0.2) is 6.61 Å². The van der Waals surface area contributed by atoms with E-state index in [-0.39, 0.29) is 12.5 Å². The number of benzene rings is 2. The second-order valence-corrected chi connectivity index (χ2v) is 7.82. The van der Waals surface area contributed by atoms with E-state index < -0.39 is 0 Å². The summed E-state index contributed by atoms with van der Waals surface area (Å²) in [4.78, 5) is 12.2. The molecule has 0 spiro atoms. The van der Waals surface area contributed by atoms with Crippen LogP contribution in [0.5, 0.6) is 11.5 Å². The zero-order valence-corrected chi connectivity index (χ0v) is 17.3. The molecule has 2 rings (SSSR count). The number of hydrogen-bond donors (Lipinski definition) is 1. The van der Waals surface area contributed by atoms with Crippen LogP contribution < -0.4 is 14.8 Å². The maximum Gasteiger partial charge on any atom is 0.262 e. The van der Waals surface area contributed by atoms with Crippen molar-refractivity contribution in [3.05, 3.63) is 52.5 Å². The summed E-state index contributed by atoms with van der Waals surface area (Å²) in [6.07, 6.45) is 0. The Kier molecular flexibility index (Phi) is 7.51. The van der Waals surface area contributed by atoms with Crippen LogP contribution >= 0.6 is 15.9 Å². The average molecular weight is 420 g/mol. The highest BCUT2D eigenvalue weighted by Crippen LogP contribution is 2.29. The average Bonchev–Trinajstić information content (AvgIpc) is 2.60. The van der Waals surface area contributed by atoms with E-state index in [1.54, 1.807) is 0 Å². The molecular formula is C21H26BrNO3. The molecule has 26 heavy (non-hydrogen) atoms. The van der Waals surface area contributed by atoms with Gasteiger partial charge in [0.05, 0.1) is 6.61 Å². The molecule has 1 amide bonds. The topological polar surface area (TPSA) is 47.6 Å². The summed E-state index contributed by atoms with van der Waals surface area (Å²) in [5, 5.41) is 2.84. The quantitative estimate of drug-likeness (QED) is 0.603. The van der Waals surface area contributed by atoms with Gasteiger partial charge in [0.25, 0.3) is 5.91 Å². The lowest BCUT2D eigenvalue weighted by molar-refractivity contribution is -0.118. The lowest BCUT2D eigenvalue weighted by Crippen LogP contribution is -2.20. The van der Waals surface area contributed by atoms with E-state index in [0.29, 0.717) is 18.4 Å². The van der Waals surface area contributed by atoms with Crippen molar-refractivity contribution < 1.29 is 14.3 Å². The third kappa shape index (κ3) is 6.37. The summed E-state index contributed by atoms with van der Waals surface area (Å²) in [6, 6.07) is 13.2. The molecule has 1 N–H and O–H groups in total. The van der Waals surface area contributed by atoms with E-state index in [1.165, 1.54) is 0 Å². The van der Waals surface area contributed by atoms with Crippen LogP contribution in [-0.2, 0) is 4.79 Å². The minimum atomic E-state index is -0.196. The molecule has 0 saturated heterocycles. The minimum Gasteiger partial charge on any atom is -0.493 e. The van der Waals surface area contributed by atoms with Crippen molar-refractivity contribution in [3.8, 4) is 11.5 Å². The van der Waals surface area contributed by atoms with Crippen molar-refractivity contribution in [1.82, 2.24) is 0 Å². The second-order valence-electron chi connectivity index (χ2n) is 6.90. The highest BCUT2D eigenvalue weighted by molar-refractivity contribution is 9.10. The first-order valence-corrected chi connectivity index (χ1v) is 9.59. The summed E-state index contributed by atoms with van der Waals surface area (Å²) < 4.78 is 12.4. The Bertz CT molecular complexity index is 727. The maximum absolute atomic E-state index is 12.2. The maximum atomic E-state index is 12.2. The molecule has 0 saturated carbocycles. The van der Waals surface area contributed by atoms with Crippen LogP contribution in [0.15, 0.2) is 46.9 Å². The van der Waals surface area contributed by atoms with Crippen molar-refractivity contribution >= 4 is 27.5 Å². The summed E-state index contributed by atoms with van der Waals surface area (Å²) in [6.45, 7) is 9.03. The molecule has 5 heteroatoms. The van der Waals surface area contributed by atoms with Crippen LogP contribution in [0, 0.1) is 5.92 Å². The second kappa shape index (κ2) is 9.62. The Morgan fingerprint density at radius 1 is 1.04 bits per heavy atom. The van der Waals surface area contributed by atoms with E-state index in [9.17, 15) is 4.79 Å². The summed E-state index contributed by atoms with van der Waals surface area (Å²) >= 11 is 3.47. The molecule has 0 radical (unpaired) electrons. The van der Waals surface area contributed by atoms with Gasteiger partial charge in [-0.25, -0.2) is 0 Å². The Hall–Kier alpha value is -2.01. The molecule has 0 aliphatic carbocycles. The first-order chi connectivity index (χ1) is 12.3. The first-order valence-electron chi connectivity index (χ1n) is 8.80. The van der Waals surface area contributed by atoms with E-state index in [1.807, 2.05) is 42.5 Å². The Morgan fingerprint density at radius 3 is 2.35 bits per heavy atom. The molecule has 0 heterocycles. The molecule has 2 aromatic carbocycles. The molecular weight excluding hydrogens is 394 g/mol. The van der Waals surface area contributed by atoms with Gasteiger partial charge in [-0.1, -0.05) is 43.6 Å². The number of carbonyl (C=O) groups is 1. The molecule has 4 nitrogen and oxygen atoms in total. The molecule has 0 aliphatic rings. The van der Waals surface area contributed by atoms with Crippen LogP contribution in [0.1, 0.15) is 39.2 Å². The highest BCUT2D eigenvalue weighted by atomic mass is 79.9. The molecule has 0 aliphatic heterocycles. The number of anilines is 1. The number of carbonyl (C=O) groups excluding carboxylic acids is 1. The first kappa shape index (κ1) is 20.3. The Labute approximate surface area is 164 Å². The highest BCUT2D eigenvalue weighted by Gasteiger charge is 2.11. The van der Waals surface area contributed by atoms with Crippen molar-refractivity contribution in [1.29, 1.82) is 0 Å². The van der Waals surface area contributed by atoms with E-state index in [0.717, 1.165) is 27.2 Å². The van der Waals surface area contributed by atoms with Gasteiger partial charge >= 0.3 is 0 Å². The summed E-state index contributed by atoms with van der Waals surface area (Å²) in [5.74, 6) is 2.11. The third-order valence-electron chi connectivity index (χ3n) is 3.67. The van der Waals surface area contributed by atoms with Gasteiger partial charge in [0.1, 0.15) is 11.5 Å². The van der Waals surface area contributed by atoms with Gasteiger partial charge in [0.2, 0.25) is 0 Å².